The number of para-hydroxylation sites is 1. The van der Waals surface area contributed by atoms with E-state index in [9.17, 15) is 4.79 Å². The molecule has 1 aliphatic heterocycles. The third kappa shape index (κ3) is 2.03. The highest BCUT2D eigenvalue weighted by Crippen LogP contribution is 2.38. The van der Waals surface area contributed by atoms with Gasteiger partial charge in [-0.2, -0.15) is 0 Å². The van der Waals surface area contributed by atoms with Crippen LogP contribution in [0.1, 0.15) is 24.3 Å². The van der Waals surface area contributed by atoms with E-state index in [2.05, 4.69) is 30.4 Å². The molecule has 17 heavy (non-hydrogen) atoms. The van der Waals surface area contributed by atoms with Gasteiger partial charge in [0.15, 0.2) is 0 Å². The van der Waals surface area contributed by atoms with E-state index in [1.54, 1.807) is 0 Å². The molecule has 1 aromatic carbocycles. The predicted octanol–water partition coefficient (Wildman–Crippen LogP) is 3.21. The molecule has 0 amide bonds. The van der Waals surface area contributed by atoms with E-state index in [1.807, 2.05) is 18.2 Å². The van der Waals surface area contributed by atoms with Crippen LogP contribution in [0.3, 0.4) is 0 Å². The van der Waals surface area contributed by atoms with Gasteiger partial charge < -0.3 is 4.74 Å². The molecule has 0 N–H and O–H groups in total. The quantitative estimate of drug-likeness (QED) is 0.571. The van der Waals surface area contributed by atoms with Gasteiger partial charge in [0.1, 0.15) is 5.75 Å². The predicted molar refractivity (Wildman–Crippen MR) is 65.8 cm³/mol. The molecule has 3 rings (SSSR count). The molecule has 1 aliphatic carbocycles. The zero-order valence-corrected chi connectivity index (χ0v) is 9.50. The zero-order valence-electron chi connectivity index (χ0n) is 9.50. The van der Waals surface area contributed by atoms with Gasteiger partial charge in [0.25, 0.3) is 0 Å². The number of ether oxygens (including phenoxy) is 1. The Balaban J connectivity index is 1.87. The number of hydrogen-bond donors (Lipinski definition) is 0. The van der Waals surface area contributed by atoms with Crippen molar-refractivity contribution in [2.45, 2.75) is 18.8 Å². The van der Waals surface area contributed by atoms with Crippen LogP contribution in [0.25, 0.3) is 0 Å². The SMILES string of the molecule is O=C1CC(CC2C=CC=C2)c2ccccc2O1. The van der Waals surface area contributed by atoms with Crippen LogP contribution >= 0.6 is 0 Å². The maximum atomic E-state index is 11.6. The summed E-state index contributed by atoms with van der Waals surface area (Å²) in [5, 5.41) is 0. The van der Waals surface area contributed by atoms with Crippen LogP contribution in [0.5, 0.6) is 5.75 Å². The van der Waals surface area contributed by atoms with E-state index in [1.165, 1.54) is 5.56 Å². The van der Waals surface area contributed by atoms with Crippen molar-refractivity contribution in [3.63, 3.8) is 0 Å². The van der Waals surface area contributed by atoms with E-state index < -0.39 is 0 Å². The number of carbonyl (C=O) groups is 1. The fourth-order valence-corrected chi connectivity index (χ4v) is 2.56. The first-order valence-electron chi connectivity index (χ1n) is 5.97. The normalized spacial score (nSPS) is 22.6. The topological polar surface area (TPSA) is 26.3 Å². The van der Waals surface area contributed by atoms with Gasteiger partial charge in [0, 0.05) is 0 Å². The van der Waals surface area contributed by atoms with Crippen LogP contribution in [-0.4, -0.2) is 5.97 Å². The number of esters is 1. The van der Waals surface area contributed by atoms with Crippen molar-refractivity contribution in [1.82, 2.24) is 0 Å². The number of carbonyl (C=O) groups excluding carboxylic acids is 1. The van der Waals surface area contributed by atoms with E-state index in [0.717, 1.165) is 12.2 Å². The summed E-state index contributed by atoms with van der Waals surface area (Å²) in [6.45, 7) is 0. The fourth-order valence-electron chi connectivity index (χ4n) is 2.56. The minimum absolute atomic E-state index is 0.111. The number of hydrogen-bond acceptors (Lipinski definition) is 2. The Morgan fingerprint density at radius 1 is 1.18 bits per heavy atom. The third-order valence-corrected chi connectivity index (χ3v) is 3.38. The van der Waals surface area contributed by atoms with Crippen LogP contribution in [0.4, 0.5) is 0 Å². The first kappa shape index (κ1) is 10.3. The Hall–Kier alpha value is -1.83. The van der Waals surface area contributed by atoms with Gasteiger partial charge in [-0.05, 0) is 29.9 Å². The van der Waals surface area contributed by atoms with Gasteiger partial charge in [-0.1, -0.05) is 42.5 Å². The maximum absolute atomic E-state index is 11.6. The molecular weight excluding hydrogens is 212 g/mol. The smallest absolute Gasteiger partial charge is 0.311 e. The molecule has 1 atom stereocenters. The summed E-state index contributed by atoms with van der Waals surface area (Å²) < 4.78 is 5.25. The Kier molecular flexibility index (Phi) is 2.56. The van der Waals surface area contributed by atoms with Gasteiger partial charge in [0.2, 0.25) is 0 Å². The van der Waals surface area contributed by atoms with E-state index in [-0.39, 0.29) is 11.9 Å². The lowest BCUT2D eigenvalue weighted by Crippen LogP contribution is -2.21. The molecule has 1 heterocycles. The number of fused-ring (bicyclic) bond motifs is 1. The standard InChI is InChI=1S/C15H14O2/c16-15-10-12(9-11-5-1-2-6-11)13-7-3-4-8-14(13)17-15/h1-8,11-12H,9-10H2. The highest BCUT2D eigenvalue weighted by Gasteiger charge is 2.28. The zero-order chi connectivity index (χ0) is 11.7. The Morgan fingerprint density at radius 2 is 1.94 bits per heavy atom. The summed E-state index contributed by atoms with van der Waals surface area (Å²) in [6, 6.07) is 7.85. The first-order valence-corrected chi connectivity index (χ1v) is 5.97. The molecule has 0 fully saturated rings. The van der Waals surface area contributed by atoms with Gasteiger partial charge in [0.05, 0.1) is 6.42 Å². The molecule has 0 bridgehead atoms. The highest BCUT2D eigenvalue weighted by atomic mass is 16.5. The first-order chi connectivity index (χ1) is 8.33. The summed E-state index contributed by atoms with van der Waals surface area (Å²) in [7, 11) is 0. The van der Waals surface area contributed by atoms with Crippen LogP contribution in [0.15, 0.2) is 48.6 Å². The Morgan fingerprint density at radius 3 is 2.76 bits per heavy atom. The molecule has 2 aliphatic rings. The number of benzene rings is 1. The molecule has 1 aromatic rings. The molecule has 2 heteroatoms. The summed E-state index contributed by atoms with van der Waals surface area (Å²) in [6.07, 6.45) is 9.98. The Bertz CT molecular complexity index is 487. The lowest BCUT2D eigenvalue weighted by Gasteiger charge is -2.25. The second-order valence-corrected chi connectivity index (χ2v) is 4.58. The average molecular weight is 226 g/mol. The summed E-state index contributed by atoms with van der Waals surface area (Å²) in [4.78, 5) is 11.6. The molecule has 0 aromatic heterocycles. The molecule has 1 unspecified atom stereocenters. The van der Waals surface area contributed by atoms with Crippen LogP contribution in [-0.2, 0) is 4.79 Å². The number of allylic oxidation sites excluding steroid dienone is 4. The molecule has 0 saturated heterocycles. The second kappa shape index (κ2) is 4.21. The third-order valence-electron chi connectivity index (χ3n) is 3.38. The molecule has 0 radical (unpaired) electrons. The van der Waals surface area contributed by atoms with Crippen molar-refractivity contribution in [2.75, 3.05) is 0 Å². The van der Waals surface area contributed by atoms with E-state index in [4.69, 9.17) is 4.74 Å². The largest absolute Gasteiger partial charge is 0.426 e. The summed E-state index contributed by atoms with van der Waals surface area (Å²) in [5.74, 6) is 1.36. The van der Waals surface area contributed by atoms with Crippen molar-refractivity contribution in [3.8, 4) is 5.75 Å². The highest BCUT2D eigenvalue weighted by molar-refractivity contribution is 5.76. The lowest BCUT2D eigenvalue weighted by molar-refractivity contribution is -0.136. The fraction of sp³-hybridized carbons (Fsp3) is 0.267. The van der Waals surface area contributed by atoms with E-state index >= 15 is 0 Å². The van der Waals surface area contributed by atoms with Crippen molar-refractivity contribution in [3.05, 3.63) is 54.1 Å². The maximum Gasteiger partial charge on any atom is 0.311 e. The molecule has 2 nitrogen and oxygen atoms in total. The van der Waals surface area contributed by atoms with Crippen molar-refractivity contribution < 1.29 is 9.53 Å². The van der Waals surface area contributed by atoms with E-state index in [0.29, 0.717) is 12.3 Å². The molecule has 0 spiro atoms. The second-order valence-electron chi connectivity index (χ2n) is 4.58. The minimum Gasteiger partial charge on any atom is -0.426 e. The van der Waals surface area contributed by atoms with Crippen LogP contribution in [0.2, 0.25) is 0 Å². The van der Waals surface area contributed by atoms with Crippen molar-refractivity contribution >= 4 is 5.97 Å². The van der Waals surface area contributed by atoms with Crippen LogP contribution < -0.4 is 4.74 Å². The monoisotopic (exact) mass is 226 g/mol. The lowest BCUT2D eigenvalue weighted by atomic mass is 9.85. The minimum atomic E-state index is -0.111. The summed E-state index contributed by atoms with van der Waals surface area (Å²) in [5.41, 5.74) is 1.17. The molecule has 86 valence electrons. The van der Waals surface area contributed by atoms with Gasteiger partial charge in [-0.25, -0.2) is 0 Å². The summed E-state index contributed by atoms with van der Waals surface area (Å²) >= 11 is 0. The number of rotatable bonds is 2. The van der Waals surface area contributed by atoms with Gasteiger partial charge in [-0.3, -0.25) is 4.79 Å². The van der Waals surface area contributed by atoms with Gasteiger partial charge in [-0.15, -0.1) is 0 Å². The molecular formula is C15H14O2. The van der Waals surface area contributed by atoms with Crippen LogP contribution in [0, 0.1) is 5.92 Å². The Labute approximate surface area is 101 Å². The molecule has 0 saturated carbocycles. The van der Waals surface area contributed by atoms with Crippen molar-refractivity contribution in [1.29, 1.82) is 0 Å². The van der Waals surface area contributed by atoms with Crippen molar-refractivity contribution in [2.24, 2.45) is 5.92 Å². The average Bonchev–Trinajstić information content (AvgIpc) is 2.81. The van der Waals surface area contributed by atoms with Gasteiger partial charge >= 0.3 is 5.97 Å².